The smallest absolute Gasteiger partial charge is 0.267 e. The summed E-state index contributed by atoms with van der Waals surface area (Å²) in [5.74, 6) is 0.934. The third-order valence-corrected chi connectivity index (χ3v) is 5.14. The number of furan rings is 1. The lowest BCUT2D eigenvalue weighted by Crippen LogP contribution is -2.35. The predicted octanol–water partition coefficient (Wildman–Crippen LogP) is 4.03. The number of carbonyl (C=O) groups excluding carboxylic acids is 2. The van der Waals surface area contributed by atoms with Crippen LogP contribution in [0.3, 0.4) is 0 Å². The minimum absolute atomic E-state index is 0.0944. The van der Waals surface area contributed by atoms with Crippen LogP contribution >= 0.6 is 22.6 Å². The van der Waals surface area contributed by atoms with E-state index in [9.17, 15) is 9.59 Å². The van der Waals surface area contributed by atoms with E-state index in [-0.39, 0.29) is 11.6 Å². The van der Waals surface area contributed by atoms with E-state index in [0.717, 1.165) is 5.56 Å². The monoisotopic (exact) mass is 546 g/mol. The summed E-state index contributed by atoms with van der Waals surface area (Å²) in [4.78, 5) is 25.4. The second-order valence-electron chi connectivity index (χ2n) is 6.72. The van der Waals surface area contributed by atoms with Gasteiger partial charge in [0.1, 0.15) is 11.5 Å². The number of nitrogens with one attached hydrogen (secondary N) is 2. The molecule has 2 aromatic carbocycles. The molecule has 0 saturated carbocycles. The highest BCUT2D eigenvalue weighted by molar-refractivity contribution is 14.1. The topological polar surface area (TPSA) is 89.8 Å². The van der Waals surface area contributed by atoms with Crippen LogP contribution < -0.4 is 20.1 Å². The van der Waals surface area contributed by atoms with Gasteiger partial charge in [0, 0.05) is 18.2 Å². The van der Waals surface area contributed by atoms with Crippen LogP contribution in [0.2, 0.25) is 0 Å². The first-order valence-electron chi connectivity index (χ1n) is 9.82. The average Bonchev–Trinajstić information content (AvgIpc) is 3.23. The van der Waals surface area contributed by atoms with Gasteiger partial charge in [-0.05, 0) is 71.0 Å². The Kier molecular flexibility index (Phi) is 8.32. The molecule has 7 nitrogen and oxygen atoms in total. The molecule has 1 aromatic heterocycles. The van der Waals surface area contributed by atoms with Gasteiger partial charge in [-0.2, -0.15) is 0 Å². The van der Waals surface area contributed by atoms with Crippen LogP contribution in [-0.4, -0.2) is 32.6 Å². The first-order chi connectivity index (χ1) is 15.5. The number of halogens is 1. The number of hydrogen-bond acceptors (Lipinski definition) is 5. The standard InChI is InChI=1S/C24H23IN2O5/c1-30-20-10-8-16(14-21(20)31-2)12-13-26-24(29)19(15-18-9-11-22(25)32-18)27-23(28)17-6-4-3-5-7-17/h3-11,14-15H,12-13H2,1-2H3,(H,26,29)(H,27,28). The summed E-state index contributed by atoms with van der Waals surface area (Å²) in [6.45, 7) is 0.364. The summed E-state index contributed by atoms with van der Waals surface area (Å²) in [7, 11) is 3.15. The van der Waals surface area contributed by atoms with Crippen LogP contribution in [0.25, 0.3) is 6.08 Å². The minimum Gasteiger partial charge on any atom is -0.493 e. The molecule has 0 spiro atoms. The molecule has 0 saturated heterocycles. The van der Waals surface area contributed by atoms with Crippen molar-refractivity contribution in [2.75, 3.05) is 20.8 Å². The quantitative estimate of drug-likeness (QED) is 0.313. The Morgan fingerprint density at radius 1 is 1.00 bits per heavy atom. The third kappa shape index (κ3) is 6.36. The molecule has 0 radical (unpaired) electrons. The van der Waals surface area contributed by atoms with E-state index >= 15 is 0 Å². The Hall–Kier alpha value is -3.27. The Balaban J connectivity index is 1.69. The predicted molar refractivity (Wildman–Crippen MR) is 130 cm³/mol. The van der Waals surface area contributed by atoms with E-state index in [1.165, 1.54) is 6.08 Å². The second-order valence-corrected chi connectivity index (χ2v) is 7.78. The Bertz CT molecular complexity index is 1110. The second kappa shape index (κ2) is 11.4. The molecular formula is C24H23IN2O5. The van der Waals surface area contributed by atoms with E-state index in [1.54, 1.807) is 50.6 Å². The fourth-order valence-electron chi connectivity index (χ4n) is 2.94. The van der Waals surface area contributed by atoms with Crippen molar-refractivity contribution in [2.24, 2.45) is 0 Å². The molecule has 0 fully saturated rings. The van der Waals surface area contributed by atoms with Crippen molar-refractivity contribution in [3.05, 3.63) is 87.0 Å². The van der Waals surface area contributed by atoms with Gasteiger partial charge in [0.05, 0.1) is 14.2 Å². The number of hydrogen-bond donors (Lipinski definition) is 2. The Labute approximate surface area is 199 Å². The van der Waals surface area contributed by atoms with Crippen LogP contribution in [0.5, 0.6) is 11.5 Å². The summed E-state index contributed by atoms with van der Waals surface area (Å²) in [6.07, 6.45) is 2.08. The molecule has 0 aliphatic heterocycles. The summed E-state index contributed by atoms with van der Waals surface area (Å²) in [5, 5.41) is 5.53. The lowest BCUT2D eigenvalue weighted by atomic mass is 10.1. The van der Waals surface area contributed by atoms with E-state index in [0.29, 0.717) is 39.6 Å². The maximum absolute atomic E-state index is 12.9. The third-order valence-electron chi connectivity index (χ3n) is 4.56. The van der Waals surface area contributed by atoms with Gasteiger partial charge in [0.25, 0.3) is 11.8 Å². The molecule has 0 unspecified atom stereocenters. The largest absolute Gasteiger partial charge is 0.493 e. The molecule has 8 heteroatoms. The van der Waals surface area contributed by atoms with E-state index < -0.39 is 5.91 Å². The van der Waals surface area contributed by atoms with Gasteiger partial charge in [-0.25, -0.2) is 0 Å². The van der Waals surface area contributed by atoms with Gasteiger partial charge >= 0.3 is 0 Å². The van der Waals surface area contributed by atoms with E-state index in [1.807, 2.05) is 46.9 Å². The molecule has 0 bridgehead atoms. The highest BCUT2D eigenvalue weighted by atomic mass is 127. The van der Waals surface area contributed by atoms with Crippen LogP contribution in [0, 0.1) is 3.77 Å². The summed E-state index contributed by atoms with van der Waals surface area (Å²) >= 11 is 2.04. The van der Waals surface area contributed by atoms with Crippen LogP contribution in [0.4, 0.5) is 0 Å². The molecule has 0 atom stereocenters. The fraction of sp³-hybridized carbons (Fsp3) is 0.167. The van der Waals surface area contributed by atoms with Gasteiger partial charge in [0.15, 0.2) is 15.3 Å². The average molecular weight is 546 g/mol. The number of ether oxygens (including phenoxy) is 2. The van der Waals surface area contributed by atoms with Crippen LogP contribution in [0.15, 0.2) is 70.8 Å². The lowest BCUT2D eigenvalue weighted by Gasteiger charge is -2.12. The van der Waals surface area contributed by atoms with Crippen molar-refractivity contribution in [1.29, 1.82) is 0 Å². The van der Waals surface area contributed by atoms with Gasteiger partial charge in [-0.1, -0.05) is 24.3 Å². The van der Waals surface area contributed by atoms with Gasteiger partial charge in [0.2, 0.25) is 0 Å². The number of rotatable bonds is 9. The van der Waals surface area contributed by atoms with Crippen molar-refractivity contribution in [1.82, 2.24) is 10.6 Å². The Morgan fingerprint density at radius 3 is 2.41 bits per heavy atom. The molecule has 1 heterocycles. The van der Waals surface area contributed by atoms with Crippen LogP contribution in [0.1, 0.15) is 21.7 Å². The van der Waals surface area contributed by atoms with Crippen molar-refractivity contribution in [3.63, 3.8) is 0 Å². The van der Waals surface area contributed by atoms with Crippen molar-refractivity contribution in [3.8, 4) is 11.5 Å². The highest BCUT2D eigenvalue weighted by Crippen LogP contribution is 2.27. The molecule has 32 heavy (non-hydrogen) atoms. The SMILES string of the molecule is COc1ccc(CCNC(=O)C(=Cc2ccc(I)o2)NC(=O)c2ccccc2)cc1OC. The number of amides is 2. The van der Waals surface area contributed by atoms with Crippen LogP contribution in [-0.2, 0) is 11.2 Å². The molecule has 3 aromatic rings. The normalized spacial score (nSPS) is 11.0. The molecule has 166 valence electrons. The summed E-state index contributed by atoms with van der Waals surface area (Å²) < 4.78 is 16.8. The summed E-state index contributed by atoms with van der Waals surface area (Å²) in [5.41, 5.74) is 1.52. The molecule has 0 aliphatic carbocycles. The maximum Gasteiger partial charge on any atom is 0.267 e. The fourth-order valence-corrected chi connectivity index (χ4v) is 3.38. The highest BCUT2D eigenvalue weighted by Gasteiger charge is 2.15. The van der Waals surface area contributed by atoms with Crippen molar-refractivity contribution in [2.45, 2.75) is 6.42 Å². The number of benzene rings is 2. The molecule has 2 amide bonds. The minimum atomic E-state index is -0.416. The first-order valence-corrected chi connectivity index (χ1v) is 10.9. The lowest BCUT2D eigenvalue weighted by molar-refractivity contribution is -0.117. The maximum atomic E-state index is 12.9. The number of carbonyl (C=O) groups is 2. The molecular weight excluding hydrogens is 523 g/mol. The van der Waals surface area contributed by atoms with Crippen molar-refractivity contribution >= 4 is 40.5 Å². The number of methoxy groups -OCH3 is 2. The zero-order valence-corrected chi connectivity index (χ0v) is 19.8. The first kappa shape index (κ1) is 23.4. The zero-order valence-electron chi connectivity index (χ0n) is 17.7. The molecule has 0 aliphatic rings. The van der Waals surface area contributed by atoms with Gasteiger partial charge in [-0.15, -0.1) is 0 Å². The van der Waals surface area contributed by atoms with Crippen molar-refractivity contribution < 1.29 is 23.5 Å². The summed E-state index contributed by atoms with van der Waals surface area (Å²) in [6, 6.07) is 17.8. The van der Waals surface area contributed by atoms with E-state index in [2.05, 4.69) is 10.6 Å². The van der Waals surface area contributed by atoms with E-state index in [4.69, 9.17) is 13.9 Å². The Morgan fingerprint density at radius 2 is 1.75 bits per heavy atom. The molecule has 3 rings (SSSR count). The van der Waals surface area contributed by atoms with Gasteiger partial charge in [-0.3, -0.25) is 9.59 Å². The van der Waals surface area contributed by atoms with Gasteiger partial charge < -0.3 is 24.5 Å². The molecule has 2 N–H and O–H groups in total. The zero-order chi connectivity index (χ0) is 22.9.